The van der Waals surface area contributed by atoms with E-state index in [0.717, 1.165) is 30.5 Å². The largest absolute Gasteiger partial charge is 0.382 e. The van der Waals surface area contributed by atoms with Gasteiger partial charge in [0.2, 0.25) is 0 Å². The topological polar surface area (TPSA) is 43.8 Å². The summed E-state index contributed by atoms with van der Waals surface area (Å²) in [6.07, 6.45) is 4.32. The number of anilines is 1. The molecule has 18 heavy (non-hydrogen) atoms. The third-order valence-electron chi connectivity index (χ3n) is 3.37. The molecule has 3 rings (SSSR count). The van der Waals surface area contributed by atoms with Gasteiger partial charge in [-0.1, -0.05) is 29.3 Å². The Morgan fingerprint density at radius 1 is 1.17 bits per heavy atom. The number of fused-ring (bicyclic) bond motifs is 1. The van der Waals surface area contributed by atoms with Gasteiger partial charge in [-0.15, -0.1) is 0 Å². The molecule has 0 saturated carbocycles. The van der Waals surface area contributed by atoms with Crippen LogP contribution in [0.1, 0.15) is 24.1 Å². The molecule has 94 valence electrons. The van der Waals surface area contributed by atoms with Crippen LogP contribution in [-0.4, -0.2) is 9.78 Å². The second kappa shape index (κ2) is 4.48. The number of hydrogen-bond acceptors (Lipinski definition) is 2. The van der Waals surface area contributed by atoms with E-state index in [-0.39, 0.29) is 0 Å². The van der Waals surface area contributed by atoms with Crippen LogP contribution < -0.4 is 5.73 Å². The van der Waals surface area contributed by atoms with Gasteiger partial charge in [-0.05, 0) is 37.8 Å². The summed E-state index contributed by atoms with van der Waals surface area (Å²) in [6, 6.07) is 5.55. The molecular formula is C13H13Cl2N3. The summed E-state index contributed by atoms with van der Waals surface area (Å²) in [5.41, 5.74) is 9.12. The number of benzene rings is 1. The summed E-state index contributed by atoms with van der Waals surface area (Å²) in [7, 11) is 0. The Morgan fingerprint density at radius 2 is 1.94 bits per heavy atom. The lowest BCUT2D eigenvalue weighted by Gasteiger charge is -2.14. The van der Waals surface area contributed by atoms with Crippen molar-refractivity contribution < 1.29 is 0 Å². The summed E-state index contributed by atoms with van der Waals surface area (Å²) in [5.74, 6) is 0.612. The molecule has 1 aliphatic rings. The van der Waals surface area contributed by atoms with Crippen molar-refractivity contribution in [3.63, 3.8) is 0 Å². The molecular weight excluding hydrogens is 269 g/mol. The van der Waals surface area contributed by atoms with Gasteiger partial charge in [0.05, 0.1) is 15.7 Å². The molecule has 0 aliphatic heterocycles. The Balaban J connectivity index is 2.20. The molecule has 0 spiro atoms. The van der Waals surface area contributed by atoms with E-state index in [2.05, 4.69) is 5.10 Å². The minimum absolute atomic E-state index is 0.523. The molecule has 0 atom stereocenters. The van der Waals surface area contributed by atoms with Crippen molar-refractivity contribution in [1.29, 1.82) is 0 Å². The van der Waals surface area contributed by atoms with Gasteiger partial charge in [-0.25, -0.2) is 4.68 Å². The number of rotatable bonds is 1. The first-order chi connectivity index (χ1) is 8.68. The van der Waals surface area contributed by atoms with Crippen LogP contribution in [0.4, 0.5) is 5.82 Å². The zero-order valence-corrected chi connectivity index (χ0v) is 11.3. The Kier molecular flexibility index (Phi) is 2.96. The molecule has 2 N–H and O–H groups in total. The van der Waals surface area contributed by atoms with Crippen molar-refractivity contribution in [1.82, 2.24) is 9.78 Å². The highest BCUT2D eigenvalue weighted by Crippen LogP contribution is 2.33. The highest BCUT2D eigenvalue weighted by molar-refractivity contribution is 6.43. The minimum Gasteiger partial charge on any atom is -0.382 e. The molecule has 0 amide bonds. The van der Waals surface area contributed by atoms with Crippen LogP contribution in [0, 0.1) is 0 Å². The van der Waals surface area contributed by atoms with Gasteiger partial charge >= 0.3 is 0 Å². The summed E-state index contributed by atoms with van der Waals surface area (Å²) in [5, 5.41) is 5.47. The summed E-state index contributed by atoms with van der Waals surface area (Å²) >= 11 is 12.3. The van der Waals surface area contributed by atoms with Crippen LogP contribution in [0.25, 0.3) is 5.69 Å². The highest BCUT2D eigenvalue weighted by Gasteiger charge is 2.21. The zero-order valence-electron chi connectivity index (χ0n) is 9.79. The predicted octanol–water partition coefficient (Wildman–Crippen LogP) is 3.64. The van der Waals surface area contributed by atoms with E-state index in [1.54, 1.807) is 6.07 Å². The molecule has 0 unspecified atom stereocenters. The quantitative estimate of drug-likeness (QED) is 0.867. The summed E-state index contributed by atoms with van der Waals surface area (Å²) in [6.45, 7) is 0. The fraction of sp³-hybridized carbons (Fsp3) is 0.308. The van der Waals surface area contributed by atoms with Crippen LogP contribution in [0.2, 0.25) is 10.0 Å². The molecule has 0 radical (unpaired) electrons. The second-order valence-electron chi connectivity index (χ2n) is 4.50. The van der Waals surface area contributed by atoms with Crippen LogP contribution in [0.15, 0.2) is 18.2 Å². The Hall–Kier alpha value is -1.19. The fourth-order valence-electron chi connectivity index (χ4n) is 2.48. The van der Waals surface area contributed by atoms with Crippen molar-refractivity contribution in [2.75, 3.05) is 5.73 Å². The molecule has 5 heteroatoms. The van der Waals surface area contributed by atoms with E-state index in [0.29, 0.717) is 15.9 Å². The number of aromatic nitrogens is 2. The highest BCUT2D eigenvalue weighted by atomic mass is 35.5. The average Bonchev–Trinajstić information content (AvgIpc) is 2.71. The van der Waals surface area contributed by atoms with E-state index in [4.69, 9.17) is 28.9 Å². The summed E-state index contributed by atoms with van der Waals surface area (Å²) in [4.78, 5) is 0. The van der Waals surface area contributed by atoms with E-state index >= 15 is 0 Å². The maximum Gasteiger partial charge on any atom is 0.149 e. The van der Waals surface area contributed by atoms with Crippen molar-refractivity contribution in [2.45, 2.75) is 25.7 Å². The Labute approximate surface area is 115 Å². The lowest BCUT2D eigenvalue weighted by molar-refractivity contribution is 0.653. The van der Waals surface area contributed by atoms with Crippen molar-refractivity contribution in [3.8, 4) is 5.69 Å². The van der Waals surface area contributed by atoms with Gasteiger partial charge in [0.25, 0.3) is 0 Å². The smallest absolute Gasteiger partial charge is 0.149 e. The van der Waals surface area contributed by atoms with E-state index in [1.165, 1.54) is 12.1 Å². The molecule has 1 heterocycles. The van der Waals surface area contributed by atoms with Gasteiger partial charge in [-0.3, -0.25) is 0 Å². The lowest BCUT2D eigenvalue weighted by atomic mass is 9.97. The van der Waals surface area contributed by atoms with Crippen LogP contribution in [0.5, 0.6) is 0 Å². The van der Waals surface area contributed by atoms with Gasteiger partial charge in [-0.2, -0.15) is 5.10 Å². The van der Waals surface area contributed by atoms with Gasteiger partial charge in [0.1, 0.15) is 5.82 Å². The number of nitrogens with two attached hydrogens (primary N) is 1. The molecule has 0 bridgehead atoms. The normalized spacial score (nSPS) is 14.6. The Morgan fingerprint density at radius 3 is 2.78 bits per heavy atom. The van der Waals surface area contributed by atoms with E-state index < -0.39 is 0 Å². The van der Waals surface area contributed by atoms with Gasteiger partial charge in [0, 0.05) is 11.3 Å². The first-order valence-corrected chi connectivity index (χ1v) is 6.74. The number of nitrogen functional groups attached to an aromatic ring is 1. The first-order valence-electron chi connectivity index (χ1n) is 5.99. The lowest BCUT2D eigenvalue weighted by Crippen LogP contribution is -2.08. The summed E-state index contributed by atoms with van der Waals surface area (Å²) < 4.78 is 1.85. The van der Waals surface area contributed by atoms with Crippen molar-refractivity contribution in [2.24, 2.45) is 0 Å². The Bertz CT molecular complexity index is 605. The van der Waals surface area contributed by atoms with Crippen LogP contribution in [0.3, 0.4) is 0 Å². The molecule has 0 fully saturated rings. The van der Waals surface area contributed by atoms with Crippen molar-refractivity contribution in [3.05, 3.63) is 39.5 Å². The zero-order chi connectivity index (χ0) is 12.7. The maximum absolute atomic E-state index is 6.25. The molecule has 1 aromatic carbocycles. The molecule has 1 aliphatic carbocycles. The van der Waals surface area contributed by atoms with Gasteiger partial charge < -0.3 is 5.73 Å². The van der Waals surface area contributed by atoms with E-state index in [1.807, 2.05) is 16.8 Å². The fourth-order valence-corrected chi connectivity index (χ4v) is 2.86. The number of nitrogens with zero attached hydrogens (tertiary/aromatic N) is 2. The van der Waals surface area contributed by atoms with Crippen LogP contribution >= 0.6 is 23.2 Å². The van der Waals surface area contributed by atoms with Gasteiger partial charge in [0.15, 0.2) is 0 Å². The standard InChI is InChI=1S/C13H13Cl2N3/c14-9-5-3-7-11(12(9)15)18-10-6-2-1-4-8(10)13(16)17-18/h3,5,7H,1-2,4,6H2,(H2,16,17). The molecule has 0 saturated heterocycles. The predicted molar refractivity (Wildman–Crippen MR) is 74.6 cm³/mol. The first kappa shape index (κ1) is 11.9. The second-order valence-corrected chi connectivity index (χ2v) is 5.29. The number of hydrogen-bond donors (Lipinski definition) is 1. The third kappa shape index (κ3) is 1.78. The van der Waals surface area contributed by atoms with Crippen molar-refractivity contribution >= 4 is 29.0 Å². The average molecular weight is 282 g/mol. The third-order valence-corrected chi connectivity index (χ3v) is 4.18. The SMILES string of the molecule is Nc1nn(-c2cccc(Cl)c2Cl)c2c1CCCC2. The number of halogens is 2. The molecule has 3 nitrogen and oxygen atoms in total. The minimum atomic E-state index is 0.523. The van der Waals surface area contributed by atoms with Crippen LogP contribution in [-0.2, 0) is 12.8 Å². The van der Waals surface area contributed by atoms with E-state index in [9.17, 15) is 0 Å². The monoisotopic (exact) mass is 281 g/mol. The molecule has 1 aromatic heterocycles. The maximum atomic E-state index is 6.25. The molecule has 2 aromatic rings.